The minimum absolute atomic E-state index is 0.240. The Bertz CT molecular complexity index is 1280. The van der Waals surface area contributed by atoms with Crippen LogP contribution in [0, 0.1) is 0 Å². The molecule has 1 amide bonds. The fourth-order valence-electron chi connectivity index (χ4n) is 3.70. The molecule has 1 aliphatic rings. The summed E-state index contributed by atoms with van der Waals surface area (Å²) in [7, 11) is 0. The number of fused-ring (bicyclic) bond motifs is 2. The van der Waals surface area contributed by atoms with Crippen LogP contribution in [0.25, 0.3) is 0 Å². The second kappa shape index (κ2) is 9.34. The summed E-state index contributed by atoms with van der Waals surface area (Å²) in [5, 5.41) is 3.46. The normalized spacial score (nSPS) is 12.3. The number of ether oxygens (including phenoxy) is 1. The van der Waals surface area contributed by atoms with E-state index in [0.29, 0.717) is 42.7 Å². The van der Waals surface area contributed by atoms with Gasteiger partial charge in [-0.25, -0.2) is 4.98 Å². The Morgan fingerprint density at radius 3 is 2.85 bits per heavy atom. The average molecular weight is 461 g/mol. The van der Waals surface area contributed by atoms with Gasteiger partial charge in [-0.05, 0) is 36.4 Å². The molecule has 1 aliphatic heterocycles. The number of amides is 1. The molecule has 0 bridgehead atoms. The molecule has 2 aromatic carbocycles. The van der Waals surface area contributed by atoms with E-state index in [9.17, 15) is 4.79 Å². The summed E-state index contributed by atoms with van der Waals surface area (Å²) in [5.74, 6) is 1.64. The molecule has 33 heavy (non-hydrogen) atoms. The van der Waals surface area contributed by atoms with Gasteiger partial charge in [-0.15, -0.1) is 0 Å². The SMILES string of the molecule is O=C(NCCc1ccccn1)c1coc(CN2Cc3ccccc3Oc3ccc(Cl)cc32)n1. The van der Waals surface area contributed by atoms with Crippen molar-refractivity contribution in [2.45, 2.75) is 19.5 Å². The van der Waals surface area contributed by atoms with Gasteiger partial charge in [0, 0.05) is 42.0 Å². The number of halogens is 1. The van der Waals surface area contributed by atoms with Gasteiger partial charge in [0.2, 0.25) is 5.89 Å². The third kappa shape index (κ3) is 4.83. The Hall–Kier alpha value is -3.84. The fraction of sp³-hybridized carbons (Fsp3) is 0.160. The van der Waals surface area contributed by atoms with E-state index in [1.165, 1.54) is 6.26 Å². The van der Waals surface area contributed by atoms with Crippen LogP contribution in [0.5, 0.6) is 11.5 Å². The van der Waals surface area contributed by atoms with Crippen LogP contribution in [0.1, 0.15) is 27.6 Å². The van der Waals surface area contributed by atoms with Crippen LogP contribution in [0.3, 0.4) is 0 Å². The molecule has 0 atom stereocenters. The smallest absolute Gasteiger partial charge is 0.273 e. The Morgan fingerprint density at radius 1 is 1.09 bits per heavy atom. The van der Waals surface area contributed by atoms with Crippen LogP contribution in [0.4, 0.5) is 5.69 Å². The van der Waals surface area contributed by atoms with Crippen molar-refractivity contribution in [3.63, 3.8) is 0 Å². The first kappa shape index (κ1) is 21.0. The second-order valence-electron chi connectivity index (χ2n) is 7.63. The van der Waals surface area contributed by atoms with Crippen molar-refractivity contribution < 1.29 is 13.9 Å². The molecule has 5 rings (SSSR count). The van der Waals surface area contributed by atoms with Crippen molar-refractivity contribution >= 4 is 23.2 Å². The van der Waals surface area contributed by atoms with Gasteiger partial charge in [0.05, 0.1) is 12.2 Å². The predicted octanol–water partition coefficient (Wildman–Crippen LogP) is 5.01. The number of carbonyl (C=O) groups is 1. The molecule has 0 unspecified atom stereocenters. The summed E-state index contributed by atoms with van der Waals surface area (Å²) in [6, 6.07) is 19.1. The molecule has 7 nitrogen and oxygen atoms in total. The number of oxazole rings is 1. The van der Waals surface area contributed by atoms with Crippen molar-refractivity contribution in [3.05, 3.63) is 101 Å². The van der Waals surface area contributed by atoms with Gasteiger partial charge in [0.1, 0.15) is 12.0 Å². The zero-order valence-electron chi connectivity index (χ0n) is 17.7. The number of rotatable bonds is 6. The molecule has 166 valence electrons. The summed E-state index contributed by atoms with van der Waals surface area (Å²) >= 11 is 6.27. The summed E-state index contributed by atoms with van der Waals surface area (Å²) in [6.07, 6.45) is 3.76. The van der Waals surface area contributed by atoms with E-state index in [-0.39, 0.29) is 11.6 Å². The van der Waals surface area contributed by atoms with Gasteiger partial charge >= 0.3 is 0 Å². The summed E-state index contributed by atoms with van der Waals surface area (Å²) < 4.78 is 11.8. The molecule has 0 radical (unpaired) electrons. The van der Waals surface area contributed by atoms with Gasteiger partial charge in [-0.2, -0.15) is 0 Å². The van der Waals surface area contributed by atoms with E-state index in [1.54, 1.807) is 12.3 Å². The zero-order valence-corrected chi connectivity index (χ0v) is 18.5. The lowest BCUT2D eigenvalue weighted by Crippen LogP contribution is -2.26. The van der Waals surface area contributed by atoms with Crippen molar-refractivity contribution in [1.29, 1.82) is 0 Å². The number of anilines is 1. The van der Waals surface area contributed by atoms with E-state index >= 15 is 0 Å². The van der Waals surface area contributed by atoms with Gasteiger partial charge in [0.15, 0.2) is 11.4 Å². The van der Waals surface area contributed by atoms with Gasteiger partial charge in [0.25, 0.3) is 5.91 Å². The van der Waals surface area contributed by atoms with Crippen molar-refractivity contribution in [1.82, 2.24) is 15.3 Å². The summed E-state index contributed by atoms with van der Waals surface area (Å²) in [4.78, 5) is 23.2. The van der Waals surface area contributed by atoms with Crippen LogP contribution >= 0.6 is 11.6 Å². The fourth-order valence-corrected chi connectivity index (χ4v) is 3.87. The third-order valence-corrected chi connectivity index (χ3v) is 5.55. The molecule has 0 saturated carbocycles. The molecular weight excluding hydrogens is 440 g/mol. The maximum Gasteiger partial charge on any atom is 0.273 e. The predicted molar refractivity (Wildman–Crippen MR) is 125 cm³/mol. The van der Waals surface area contributed by atoms with Gasteiger partial charge < -0.3 is 19.4 Å². The number of hydrogen-bond donors (Lipinski definition) is 1. The van der Waals surface area contributed by atoms with E-state index in [2.05, 4.69) is 20.2 Å². The van der Waals surface area contributed by atoms with Crippen molar-refractivity contribution in [2.75, 3.05) is 11.4 Å². The first-order valence-electron chi connectivity index (χ1n) is 10.6. The molecule has 0 spiro atoms. The molecule has 3 heterocycles. The molecule has 2 aromatic heterocycles. The molecular formula is C25H21ClN4O3. The Balaban J connectivity index is 1.30. The lowest BCUT2D eigenvalue weighted by Gasteiger charge is -2.22. The zero-order chi connectivity index (χ0) is 22.6. The van der Waals surface area contributed by atoms with Crippen LogP contribution in [0.15, 0.2) is 77.5 Å². The number of para-hydroxylation sites is 1. The quantitative estimate of drug-likeness (QED) is 0.435. The molecule has 4 aromatic rings. The van der Waals surface area contributed by atoms with E-state index in [4.69, 9.17) is 20.8 Å². The van der Waals surface area contributed by atoms with E-state index < -0.39 is 0 Å². The molecule has 1 N–H and O–H groups in total. The Labute approximate surface area is 196 Å². The highest BCUT2D eigenvalue weighted by molar-refractivity contribution is 6.31. The number of aromatic nitrogens is 2. The standard InChI is InChI=1S/C25H21ClN4O3/c26-18-8-9-23-21(13-18)30(14-17-5-1-2-7-22(17)33-23)15-24-29-20(16-32-24)25(31)28-12-10-19-6-3-4-11-27-19/h1-9,11,13,16H,10,12,14-15H2,(H,28,31). The molecule has 0 fully saturated rings. The molecule has 0 saturated heterocycles. The highest BCUT2D eigenvalue weighted by Gasteiger charge is 2.23. The first-order chi connectivity index (χ1) is 16.2. The lowest BCUT2D eigenvalue weighted by atomic mass is 10.2. The second-order valence-corrected chi connectivity index (χ2v) is 8.07. The Morgan fingerprint density at radius 2 is 1.97 bits per heavy atom. The van der Waals surface area contributed by atoms with Crippen molar-refractivity contribution in [3.8, 4) is 11.5 Å². The van der Waals surface area contributed by atoms with Crippen LogP contribution < -0.4 is 15.0 Å². The average Bonchev–Trinajstić information content (AvgIpc) is 3.24. The van der Waals surface area contributed by atoms with E-state index in [1.807, 2.05) is 54.6 Å². The van der Waals surface area contributed by atoms with Gasteiger partial charge in [-0.3, -0.25) is 9.78 Å². The lowest BCUT2D eigenvalue weighted by molar-refractivity contribution is 0.0949. The monoisotopic (exact) mass is 460 g/mol. The number of carbonyl (C=O) groups excluding carboxylic acids is 1. The van der Waals surface area contributed by atoms with Crippen LogP contribution in [-0.4, -0.2) is 22.4 Å². The van der Waals surface area contributed by atoms with Crippen LogP contribution in [-0.2, 0) is 19.5 Å². The maximum absolute atomic E-state index is 12.5. The minimum atomic E-state index is -0.283. The highest BCUT2D eigenvalue weighted by Crippen LogP contribution is 2.40. The third-order valence-electron chi connectivity index (χ3n) is 5.32. The number of pyridine rings is 1. The Kier molecular flexibility index (Phi) is 5.95. The molecule has 8 heteroatoms. The molecule has 0 aliphatic carbocycles. The van der Waals surface area contributed by atoms with E-state index in [0.717, 1.165) is 22.7 Å². The number of nitrogens with one attached hydrogen (secondary N) is 1. The first-order valence-corrected chi connectivity index (χ1v) is 11.0. The largest absolute Gasteiger partial charge is 0.455 e. The maximum atomic E-state index is 12.5. The number of benzene rings is 2. The minimum Gasteiger partial charge on any atom is -0.455 e. The number of hydrogen-bond acceptors (Lipinski definition) is 6. The van der Waals surface area contributed by atoms with Gasteiger partial charge in [-0.1, -0.05) is 35.9 Å². The number of nitrogens with zero attached hydrogens (tertiary/aromatic N) is 3. The summed E-state index contributed by atoms with van der Waals surface area (Å²) in [6.45, 7) is 1.40. The van der Waals surface area contributed by atoms with Crippen molar-refractivity contribution in [2.24, 2.45) is 0 Å². The highest BCUT2D eigenvalue weighted by atomic mass is 35.5. The van der Waals surface area contributed by atoms with Crippen LogP contribution in [0.2, 0.25) is 5.02 Å². The summed E-state index contributed by atoms with van der Waals surface area (Å²) in [5.41, 5.74) is 3.02. The topological polar surface area (TPSA) is 80.5 Å².